The zero-order valence-corrected chi connectivity index (χ0v) is 17.1. The molecule has 27 heavy (non-hydrogen) atoms. The Balaban J connectivity index is 1.77. The maximum Gasteiger partial charge on any atom is 0.241 e. The average molecular weight is 387 g/mol. The third-order valence-electron chi connectivity index (χ3n) is 5.02. The number of aryl methyl sites for hydroxylation is 3. The zero-order chi connectivity index (χ0) is 19.8. The lowest BCUT2D eigenvalue weighted by Crippen LogP contribution is -2.48. The molecule has 6 heteroatoms. The van der Waals surface area contributed by atoms with Crippen LogP contribution in [0.1, 0.15) is 34.7 Å². The molecule has 0 fully saturated rings. The van der Waals surface area contributed by atoms with Gasteiger partial charge in [0.25, 0.3) is 0 Å². The molecule has 1 heterocycles. The number of nitrogens with one attached hydrogen (secondary N) is 1. The van der Waals surface area contributed by atoms with Crippen molar-refractivity contribution in [2.75, 3.05) is 6.54 Å². The van der Waals surface area contributed by atoms with Crippen LogP contribution in [0.25, 0.3) is 0 Å². The summed E-state index contributed by atoms with van der Waals surface area (Å²) < 4.78 is 28.4. The van der Waals surface area contributed by atoms with Gasteiger partial charge >= 0.3 is 0 Å². The van der Waals surface area contributed by atoms with E-state index in [4.69, 9.17) is 0 Å². The number of carbonyl (C=O) groups excluding carboxylic acids is 1. The van der Waals surface area contributed by atoms with Crippen molar-refractivity contribution in [3.05, 3.63) is 64.2 Å². The van der Waals surface area contributed by atoms with Gasteiger partial charge in [0.15, 0.2) is 0 Å². The lowest BCUT2D eigenvalue weighted by Gasteiger charge is -2.31. The number of benzene rings is 2. The van der Waals surface area contributed by atoms with E-state index >= 15 is 0 Å². The minimum absolute atomic E-state index is 0.199. The highest BCUT2D eigenvalue weighted by Gasteiger charge is 2.29. The van der Waals surface area contributed by atoms with E-state index in [1.54, 1.807) is 25.7 Å². The van der Waals surface area contributed by atoms with E-state index in [1.807, 2.05) is 37.3 Å². The Labute approximate surface area is 161 Å². The molecule has 1 aliphatic rings. The number of amides is 1. The first kappa shape index (κ1) is 19.6. The van der Waals surface area contributed by atoms with Gasteiger partial charge in [-0.25, -0.2) is 8.42 Å². The van der Waals surface area contributed by atoms with Gasteiger partial charge in [0, 0.05) is 13.1 Å². The van der Waals surface area contributed by atoms with Gasteiger partial charge in [0.2, 0.25) is 15.9 Å². The fourth-order valence-corrected chi connectivity index (χ4v) is 5.54. The lowest BCUT2D eigenvalue weighted by atomic mass is 9.99. The summed E-state index contributed by atoms with van der Waals surface area (Å²) in [7, 11) is -3.78. The number of hydrogen-bond acceptors (Lipinski definition) is 3. The summed E-state index contributed by atoms with van der Waals surface area (Å²) in [5, 5.41) is 0. The molecule has 1 N–H and O–H groups in total. The molecule has 1 atom stereocenters. The predicted octanol–water partition coefficient (Wildman–Crippen LogP) is 2.86. The molecule has 5 nitrogen and oxygen atoms in total. The highest BCUT2D eigenvalue weighted by Crippen LogP contribution is 2.23. The third kappa shape index (κ3) is 4.06. The van der Waals surface area contributed by atoms with Crippen LogP contribution >= 0.6 is 0 Å². The highest BCUT2D eigenvalue weighted by molar-refractivity contribution is 7.89. The molecule has 2 aromatic carbocycles. The summed E-state index contributed by atoms with van der Waals surface area (Å²) in [6.45, 7) is 8.23. The lowest BCUT2D eigenvalue weighted by molar-refractivity contribution is -0.133. The number of sulfonamides is 1. The van der Waals surface area contributed by atoms with Gasteiger partial charge in [0.05, 0.1) is 10.9 Å². The van der Waals surface area contributed by atoms with E-state index in [2.05, 4.69) is 10.8 Å². The first-order chi connectivity index (χ1) is 12.7. The monoisotopic (exact) mass is 386 g/mol. The van der Waals surface area contributed by atoms with E-state index < -0.39 is 16.1 Å². The van der Waals surface area contributed by atoms with Crippen molar-refractivity contribution in [3.8, 4) is 0 Å². The highest BCUT2D eigenvalue weighted by atomic mass is 32.2. The molecule has 144 valence electrons. The average Bonchev–Trinajstić information content (AvgIpc) is 2.59. The van der Waals surface area contributed by atoms with Crippen molar-refractivity contribution in [2.45, 2.75) is 51.6 Å². The van der Waals surface area contributed by atoms with Crippen LogP contribution in [0.3, 0.4) is 0 Å². The smallest absolute Gasteiger partial charge is 0.241 e. The van der Waals surface area contributed by atoms with Crippen molar-refractivity contribution in [2.24, 2.45) is 0 Å². The Morgan fingerprint density at radius 1 is 1.07 bits per heavy atom. The molecule has 0 aliphatic carbocycles. The van der Waals surface area contributed by atoms with Gasteiger partial charge in [-0.1, -0.05) is 42.0 Å². The molecule has 0 radical (unpaired) electrons. The fourth-order valence-electron chi connectivity index (χ4n) is 3.89. The van der Waals surface area contributed by atoms with Gasteiger partial charge in [-0.2, -0.15) is 4.72 Å². The molecule has 0 aromatic heterocycles. The van der Waals surface area contributed by atoms with Crippen molar-refractivity contribution in [1.82, 2.24) is 9.62 Å². The SMILES string of the molecule is Cc1cc(C)c(S(=O)(=O)N[C@@H](C)C(=O)N2CCc3ccccc3C2)c(C)c1. The van der Waals surface area contributed by atoms with E-state index in [0.29, 0.717) is 24.2 Å². The normalized spacial score (nSPS) is 15.3. The van der Waals surface area contributed by atoms with Crippen molar-refractivity contribution < 1.29 is 13.2 Å². The molecule has 3 rings (SSSR count). The first-order valence-electron chi connectivity index (χ1n) is 9.15. The Hall–Kier alpha value is -2.18. The summed E-state index contributed by atoms with van der Waals surface area (Å²) in [5.74, 6) is -0.199. The Kier molecular flexibility index (Phi) is 5.40. The minimum atomic E-state index is -3.78. The standard InChI is InChI=1S/C21H26N2O3S/c1-14-11-15(2)20(16(3)12-14)27(25,26)22-17(4)21(24)23-10-9-18-7-5-6-8-19(18)13-23/h5-8,11-12,17,22H,9-10,13H2,1-4H3/t17-/m0/s1. The molecule has 1 aliphatic heterocycles. The molecule has 0 spiro atoms. The summed E-state index contributed by atoms with van der Waals surface area (Å²) in [5.41, 5.74) is 4.76. The Morgan fingerprint density at radius 3 is 2.30 bits per heavy atom. The predicted molar refractivity (Wildman–Crippen MR) is 106 cm³/mol. The van der Waals surface area contributed by atoms with Crippen molar-refractivity contribution in [1.29, 1.82) is 0 Å². The van der Waals surface area contributed by atoms with Crippen molar-refractivity contribution in [3.63, 3.8) is 0 Å². The minimum Gasteiger partial charge on any atom is -0.337 e. The number of fused-ring (bicyclic) bond motifs is 1. The maximum atomic E-state index is 12.9. The Bertz CT molecular complexity index is 960. The van der Waals surface area contributed by atoms with E-state index in [0.717, 1.165) is 17.5 Å². The van der Waals surface area contributed by atoms with Gasteiger partial charge < -0.3 is 4.90 Å². The summed E-state index contributed by atoms with van der Waals surface area (Å²) in [6.07, 6.45) is 0.789. The number of carbonyl (C=O) groups is 1. The first-order valence-corrected chi connectivity index (χ1v) is 10.6. The topological polar surface area (TPSA) is 66.5 Å². The van der Waals surface area contributed by atoms with E-state index in [1.165, 1.54) is 5.56 Å². The van der Waals surface area contributed by atoms with Crippen LogP contribution < -0.4 is 4.72 Å². The maximum absolute atomic E-state index is 12.9. The Morgan fingerprint density at radius 2 is 1.67 bits per heavy atom. The number of nitrogens with zero attached hydrogens (tertiary/aromatic N) is 1. The number of rotatable bonds is 4. The van der Waals surface area contributed by atoms with Gasteiger partial charge in [-0.15, -0.1) is 0 Å². The molecule has 0 unspecified atom stereocenters. The molecule has 0 saturated carbocycles. The van der Waals surface area contributed by atoms with Crippen LogP contribution in [-0.2, 0) is 27.8 Å². The van der Waals surface area contributed by atoms with Gasteiger partial charge in [-0.05, 0) is 56.4 Å². The summed E-state index contributed by atoms with van der Waals surface area (Å²) >= 11 is 0. The number of hydrogen-bond donors (Lipinski definition) is 1. The molecular formula is C21H26N2O3S. The third-order valence-corrected chi connectivity index (χ3v) is 6.86. The second-order valence-electron chi connectivity index (χ2n) is 7.35. The van der Waals surface area contributed by atoms with Crippen LogP contribution in [0.2, 0.25) is 0 Å². The second-order valence-corrected chi connectivity index (χ2v) is 9.00. The largest absolute Gasteiger partial charge is 0.337 e. The van der Waals surface area contributed by atoms with E-state index in [9.17, 15) is 13.2 Å². The molecule has 1 amide bonds. The molecule has 0 saturated heterocycles. The fraction of sp³-hybridized carbons (Fsp3) is 0.381. The zero-order valence-electron chi connectivity index (χ0n) is 16.2. The summed E-state index contributed by atoms with van der Waals surface area (Å²) in [4.78, 5) is 14.8. The van der Waals surface area contributed by atoms with Crippen LogP contribution in [0.15, 0.2) is 41.3 Å². The van der Waals surface area contributed by atoms with Crippen LogP contribution in [0.4, 0.5) is 0 Å². The van der Waals surface area contributed by atoms with E-state index in [-0.39, 0.29) is 10.8 Å². The van der Waals surface area contributed by atoms with Crippen molar-refractivity contribution >= 4 is 15.9 Å². The van der Waals surface area contributed by atoms with Crippen LogP contribution in [0.5, 0.6) is 0 Å². The van der Waals surface area contributed by atoms with Gasteiger partial charge in [-0.3, -0.25) is 4.79 Å². The molecule has 2 aromatic rings. The quantitative estimate of drug-likeness (QED) is 0.879. The van der Waals surface area contributed by atoms with Crippen LogP contribution in [-0.4, -0.2) is 31.8 Å². The molecular weight excluding hydrogens is 360 g/mol. The second kappa shape index (κ2) is 7.44. The molecule has 0 bridgehead atoms. The summed E-state index contributed by atoms with van der Waals surface area (Å²) in [6, 6.07) is 10.9. The van der Waals surface area contributed by atoms with Gasteiger partial charge in [0.1, 0.15) is 0 Å². The van der Waals surface area contributed by atoms with Crippen LogP contribution in [0, 0.1) is 20.8 Å².